The van der Waals surface area contributed by atoms with E-state index in [1.165, 1.54) is 0 Å². The predicted molar refractivity (Wildman–Crippen MR) is 146 cm³/mol. The Hall–Kier alpha value is -2.45. The number of fused-ring (bicyclic) bond motifs is 1. The highest BCUT2D eigenvalue weighted by atomic mass is 35.5. The smallest absolute Gasteiger partial charge is 0.429 e. The Kier molecular flexibility index (Phi) is 7.76. The summed E-state index contributed by atoms with van der Waals surface area (Å²) in [6, 6.07) is 7.82. The van der Waals surface area contributed by atoms with Crippen LogP contribution in [-0.4, -0.2) is 38.9 Å². The minimum absolute atomic E-state index is 0.0900. The molecule has 1 fully saturated rings. The highest BCUT2D eigenvalue weighted by molar-refractivity contribution is 7.21. The molecular formula is C27H35ClN4O3S. The third-order valence-electron chi connectivity index (χ3n) is 6.59. The van der Waals surface area contributed by atoms with E-state index in [9.17, 15) is 4.79 Å². The molecule has 7 nitrogen and oxygen atoms in total. The van der Waals surface area contributed by atoms with E-state index in [2.05, 4.69) is 24.1 Å². The maximum absolute atomic E-state index is 12.6. The Labute approximate surface area is 222 Å². The number of nitrogens with zero attached hydrogens (tertiary/aromatic N) is 3. The van der Waals surface area contributed by atoms with Crippen molar-refractivity contribution in [1.82, 2.24) is 15.0 Å². The number of hydrogen-bond donors (Lipinski definition) is 1. The summed E-state index contributed by atoms with van der Waals surface area (Å²) in [7, 11) is 0. The second-order valence-corrected chi connectivity index (χ2v) is 12.2. The van der Waals surface area contributed by atoms with Gasteiger partial charge in [0.15, 0.2) is 0 Å². The standard InChI is InChI=1S/C27H35ClN4O3S/c1-8-16-13-18(21(15(16)4)34-26(33)35-27(5,6)7)29-24-20(22(28)31-23(32-24)14(2)3)25-30-17-11-9-10-12-19(17)36-25/h9-12,14-16,18,21H,8,13H2,1-7H3,(H,29,31,32). The lowest BCUT2D eigenvalue weighted by Crippen LogP contribution is -2.38. The zero-order valence-electron chi connectivity index (χ0n) is 22.0. The Bertz CT molecular complexity index is 1210. The molecule has 4 atom stereocenters. The van der Waals surface area contributed by atoms with E-state index >= 15 is 0 Å². The summed E-state index contributed by atoms with van der Waals surface area (Å²) in [5.41, 5.74) is 0.947. The summed E-state index contributed by atoms with van der Waals surface area (Å²) in [4.78, 5) is 26.9. The van der Waals surface area contributed by atoms with Gasteiger partial charge in [-0.15, -0.1) is 11.3 Å². The van der Waals surface area contributed by atoms with Gasteiger partial charge in [0.25, 0.3) is 0 Å². The van der Waals surface area contributed by atoms with Gasteiger partial charge in [0, 0.05) is 5.92 Å². The number of carbonyl (C=O) groups is 1. The van der Waals surface area contributed by atoms with Crippen LogP contribution in [0.4, 0.5) is 10.6 Å². The summed E-state index contributed by atoms with van der Waals surface area (Å²) in [6.45, 7) is 13.9. The van der Waals surface area contributed by atoms with Gasteiger partial charge in [0.1, 0.15) is 33.5 Å². The largest absolute Gasteiger partial charge is 0.509 e. The first-order valence-electron chi connectivity index (χ1n) is 12.6. The molecule has 0 radical (unpaired) electrons. The van der Waals surface area contributed by atoms with Gasteiger partial charge in [-0.2, -0.15) is 0 Å². The molecule has 2 heterocycles. The van der Waals surface area contributed by atoms with Crippen molar-refractivity contribution in [2.75, 3.05) is 5.32 Å². The van der Waals surface area contributed by atoms with Crippen LogP contribution < -0.4 is 5.32 Å². The van der Waals surface area contributed by atoms with Crippen molar-refractivity contribution in [3.8, 4) is 10.6 Å². The van der Waals surface area contributed by atoms with Crippen molar-refractivity contribution in [3.63, 3.8) is 0 Å². The number of thiazole rings is 1. The molecule has 1 aromatic carbocycles. The lowest BCUT2D eigenvalue weighted by molar-refractivity contribution is -0.0366. The maximum Gasteiger partial charge on any atom is 0.509 e. The summed E-state index contributed by atoms with van der Waals surface area (Å²) in [6.07, 6.45) is 0.797. The van der Waals surface area contributed by atoms with E-state index in [0.29, 0.717) is 28.3 Å². The number of para-hydroxylation sites is 1. The van der Waals surface area contributed by atoms with Crippen molar-refractivity contribution in [1.29, 1.82) is 0 Å². The quantitative estimate of drug-likeness (QED) is 0.258. The normalized spacial score (nSPS) is 22.2. The molecule has 0 aliphatic heterocycles. The molecule has 36 heavy (non-hydrogen) atoms. The zero-order valence-corrected chi connectivity index (χ0v) is 23.5. The third-order valence-corrected chi connectivity index (χ3v) is 7.92. The lowest BCUT2D eigenvalue weighted by Gasteiger charge is -2.27. The molecule has 4 unspecified atom stereocenters. The van der Waals surface area contributed by atoms with Gasteiger partial charge in [-0.3, -0.25) is 0 Å². The first-order chi connectivity index (χ1) is 17.0. The molecule has 0 amide bonds. The molecule has 2 aromatic heterocycles. The fourth-order valence-corrected chi connectivity index (χ4v) is 6.05. The topological polar surface area (TPSA) is 86.2 Å². The van der Waals surface area contributed by atoms with Crippen LogP contribution in [0.3, 0.4) is 0 Å². The molecule has 4 rings (SSSR count). The van der Waals surface area contributed by atoms with Crippen LogP contribution in [0.2, 0.25) is 5.15 Å². The van der Waals surface area contributed by atoms with Crippen LogP contribution in [0.5, 0.6) is 0 Å². The Morgan fingerprint density at radius 1 is 1.22 bits per heavy atom. The molecule has 0 bridgehead atoms. The van der Waals surface area contributed by atoms with Crippen LogP contribution in [0.1, 0.15) is 73.1 Å². The SMILES string of the molecule is CCC1CC(Nc2nc(C(C)C)nc(Cl)c2-c2nc3ccccc3s2)C(OC(=O)OC(C)(C)C)C1C. The second-order valence-electron chi connectivity index (χ2n) is 10.8. The van der Waals surface area contributed by atoms with Crippen LogP contribution >= 0.6 is 22.9 Å². The predicted octanol–water partition coefficient (Wildman–Crippen LogP) is 7.70. The number of anilines is 1. The molecule has 194 valence electrons. The fraction of sp³-hybridized carbons (Fsp3) is 0.556. The number of ether oxygens (including phenoxy) is 2. The van der Waals surface area contributed by atoms with Crippen LogP contribution in [0, 0.1) is 11.8 Å². The summed E-state index contributed by atoms with van der Waals surface area (Å²) < 4.78 is 12.4. The highest BCUT2D eigenvalue weighted by Gasteiger charge is 2.44. The number of nitrogens with one attached hydrogen (secondary N) is 1. The number of aromatic nitrogens is 3. The van der Waals surface area contributed by atoms with Gasteiger partial charge in [0.05, 0.1) is 21.8 Å². The van der Waals surface area contributed by atoms with E-state index in [1.54, 1.807) is 11.3 Å². The number of rotatable bonds is 6. The Balaban J connectivity index is 1.72. The second kappa shape index (κ2) is 10.5. The fourth-order valence-electron chi connectivity index (χ4n) is 4.72. The molecule has 3 aromatic rings. The highest BCUT2D eigenvalue weighted by Crippen LogP contribution is 2.42. The van der Waals surface area contributed by atoms with Crippen molar-refractivity contribution >= 4 is 45.1 Å². The minimum atomic E-state index is -0.655. The van der Waals surface area contributed by atoms with E-state index in [-0.39, 0.29) is 24.0 Å². The Morgan fingerprint density at radius 3 is 2.58 bits per heavy atom. The summed E-state index contributed by atoms with van der Waals surface area (Å²) in [5.74, 6) is 1.90. The molecule has 1 saturated carbocycles. The van der Waals surface area contributed by atoms with Crippen LogP contribution in [0.25, 0.3) is 20.8 Å². The molecule has 0 saturated heterocycles. The van der Waals surface area contributed by atoms with Gasteiger partial charge in [0.2, 0.25) is 0 Å². The summed E-state index contributed by atoms with van der Waals surface area (Å²) in [5, 5.41) is 4.71. The van der Waals surface area contributed by atoms with E-state index in [1.807, 2.05) is 58.9 Å². The molecular weight excluding hydrogens is 496 g/mol. The monoisotopic (exact) mass is 530 g/mol. The minimum Gasteiger partial charge on any atom is -0.429 e. The first-order valence-corrected chi connectivity index (χ1v) is 13.8. The van der Waals surface area contributed by atoms with E-state index in [0.717, 1.165) is 28.1 Å². The van der Waals surface area contributed by atoms with E-state index < -0.39 is 11.8 Å². The summed E-state index contributed by atoms with van der Waals surface area (Å²) >= 11 is 8.33. The van der Waals surface area contributed by atoms with Gasteiger partial charge >= 0.3 is 6.16 Å². The molecule has 1 aliphatic rings. The van der Waals surface area contributed by atoms with E-state index in [4.69, 9.17) is 31.0 Å². The number of hydrogen-bond acceptors (Lipinski definition) is 8. The molecule has 9 heteroatoms. The van der Waals surface area contributed by atoms with Gasteiger partial charge in [-0.25, -0.2) is 19.7 Å². The van der Waals surface area contributed by atoms with Gasteiger partial charge in [-0.1, -0.05) is 57.8 Å². The van der Waals surface area contributed by atoms with Crippen molar-refractivity contribution < 1.29 is 14.3 Å². The molecule has 0 spiro atoms. The lowest BCUT2D eigenvalue weighted by atomic mass is 9.95. The van der Waals surface area contributed by atoms with Crippen molar-refractivity contribution in [2.24, 2.45) is 11.8 Å². The number of halogens is 1. The van der Waals surface area contributed by atoms with Gasteiger partial charge < -0.3 is 14.8 Å². The third kappa shape index (κ3) is 5.75. The molecule has 1 N–H and O–H groups in total. The number of benzene rings is 1. The number of carbonyl (C=O) groups excluding carboxylic acids is 1. The van der Waals surface area contributed by atoms with Gasteiger partial charge in [-0.05, 0) is 51.2 Å². The maximum atomic E-state index is 12.6. The Morgan fingerprint density at radius 2 is 1.94 bits per heavy atom. The first kappa shape index (κ1) is 26.6. The van der Waals surface area contributed by atoms with Crippen LogP contribution in [-0.2, 0) is 9.47 Å². The van der Waals surface area contributed by atoms with Crippen molar-refractivity contribution in [3.05, 3.63) is 35.2 Å². The molecule has 1 aliphatic carbocycles. The average molecular weight is 531 g/mol. The average Bonchev–Trinajstić information content (AvgIpc) is 3.33. The van der Waals surface area contributed by atoms with Crippen LogP contribution in [0.15, 0.2) is 24.3 Å². The zero-order chi connectivity index (χ0) is 26.2. The van der Waals surface area contributed by atoms with Crippen molar-refractivity contribution in [2.45, 2.75) is 85.0 Å².